The summed E-state index contributed by atoms with van der Waals surface area (Å²) < 4.78 is 1.64. The molecule has 0 aliphatic carbocycles. The minimum Gasteiger partial charge on any atom is -0.305 e. The van der Waals surface area contributed by atoms with Crippen LogP contribution in [0.25, 0.3) is 22.0 Å². The van der Waals surface area contributed by atoms with Crippen molar-refractivity contribution < 1.29 is 0 Å². The minimum absolute atomic E-state index is 0.110. The van der Waals surface area contributed by atoms with Gasteiger partial charge in [0.25, 0.3) is 5.56 Å². The number of H-pyrrole nitrogens is 1. The second-order valence-electron chi connectivity index (χ2n) is 4.46. The highest BCUT2D eigenvalue weighted by atomic mass is 127. The van der Waals surface area contributed by atoms with Crippen LogP contribution in [0.4, 0.5) is 0 Å². The Morgan fingerprint density at radius 1 is 1.29 bits per heavy atom. The molecule has 1 N–H and O–H groups in total. The lowest BCUT2D eigenvalue weighted by Gasteiger charge is -2.05. The third kappa shape index (κ3) is 2.97. The van der Waals surface area contributed by atoms with Crippen molar-refractivity contribution in [2.75, 3.05) is 0 Å². The normalized spacial score (nSPS) is 10.8. The van der Waals surface area contributed by atoms with Gasteiger partial charge in [-0.3, -0.25) is 4.79 Å². The molecule has 3 nitrogen and oxygen atoms in total. The number of nitrogens with one attached hydrogen (secondary N) is 1. The second-order valence-corrected chi connectivity index (χ2v) is 7.65. The van der Waals surface area contributed by atoms with Crippen molar-refractivity contribution in [1.82, 2.24) is 9.97 Å². The van der Waals surface area contributed by atoms with Crippen LogP contribution in [-0.2, 0) is 0 Å². The maximum absolute atomic E-state index is 12.2. The van der Waals surface area contributed by atoms with Crippen LogP contribution in [0, 0.1) is 10.5 Å². The van der Waals surface area contributed by atoms with E-state index in [2.05, 4.69) is 25.9 Å². The van der Waals surface area contributed by atoms with Crippen LogP contribution in [-0.4, -0.2) is 9.97 Å². The van der Waals surface area contributed by atoms with E-state index in [1.807, 2.05) is 65.9 Å². The van der Waals surface area contributed by atoms with Gasteiger partial charge >= 0.3 is 0 Å². The SMILES string of the molecule is Cc1sc(-c2nc(-c3ccccc3)c(I)c(=O)[nH]2)cc1Br. The van der Waals surface area contributed by atoms with Gasteiger partial charge in [-0.1, -0.05) is 30.3 Å². The van der Waals surface area contributed by atoms with Crippen molar-refractivity contribution in [3.63, 3.8) is 0 Å². The Morgan fingerprint density at radius 3 is 2.62 bits per heavy atom. The van der Waals surface area contributed by atoms with Crippen LogP contribution in [0.5, 0.6) is 0 Å². The van der Waals surface area contributed by atoms with Crippen molar-refractivity contribution in [3.8, 4) is 22.0 Å². The topological polar surface area (TPSA) is 45.8 Å². The molecule has 0 atom stereocenters. The lowest BCUT2D eigenvalue weighted by Crippen LogP contribution is -2.14. The molecule has 2 heterocycles. The van der Waals surface area contributed by atoms with Gasteiger partial charge in [0.1, 0.15) is 3.57 Å². The Hall–Kier alpha value is -0.990. The predicted octanol–water partition coefficient (Wildman–Crippen LogP) is 4.84. The van der Waals surface area contributed by atoms with E-state index in [1.165, 1.54) is 0 Å². The number of rotatable bonds is 2. The Labute approximate surface area is 147 Å². The third-order valence-corrected chi connectivity index (χ3v) is 6.14. The summed E-state index contributed by atoms with van der Waals surface area (Å²) in [7, 11) is 0. The Bertz CT molecular complexity index is 838. The number of aryl methyl sites for hydroxylation is 1. The summed E-state index contributed by atoms with van der Waals surface area (Å²) >= 11 is 7.15. The first kappa shape index (κ1) is 14.9. The minimum atomic E-state index is -0.110. The summed E-state index contributed by atoms with van der Waals surface area (Å²) in [6.45, 7) is 2.03. The molecule has 0 saturated heterocycles. The first-order chi connectivity index (χ1) is 10.1. The monoisotopic (exact) mass is 472 g/mol. The van der Waals surface area contributed by atoms with Gasteiger partial charge in [-0.05, 0) is 51.5 Å². The smallest absolute Gasteiger partial charge is 0.265 e. The molecule has 0 fully saturated rings. The summed E-state index contributed by atoms with van der Waals surface area (Å²) in [4.78, 5) is 21.8. The maximum Gasteiger partial charge on any atom is 0.265 e. The van der Waals surface area contributed by atoms with Crippen molar-refractivity contribution in [2.24, 2.45) is 0 Å². The molecule has 21 heavy (non-hydrogen) atoms. The van der Waals surface area contributed by atoms with Crippen LogP contribution < -0.4 is 5.56 Å². The van der Waals surface area contributed by atoms with Gasteiger partial charge in [-0.2, -0.15) is 0 Å². The number of hydrogen-bond donors (Lipinski definition) is 1. The van der Waals surface area contributed by atoms with Gasteiger partial charge in [0.05, 0.1) is 10.6 Å². The van der Waals surface area contributed by atoms with Gasteiger partial charge in [-0.25, -0.2) is 4.98 Å². The highest BCUT2D eigenvalue weighted by Gasteiger charge is 2.14. The molecule has 0 aliphatic heterocycles. The molecule has 0 radical (unpaired) electrons. The molecule has 3 aromatic rings. The van der Waals surface area contributed by atoms with Gasteiger partial charge in [0, 0.05) is 14.9 Å². The van der Waals surface area contributed by atoms with Gasteiger partial charge in [0.2, 0.25) is 0 Å². The van der Waals surface area contributed by atoms with Crippen molar-refractivity contribution in [2.45, 2.75) is 6.92 Å². The zero-order valence-corrected chi connectivity index (χ0v) is 15.5. The summed E-state index contributed by atoms with van der Waals surface area (Å²) in [5.41, 5.74) is 1.56. The molecule has 6 heteroatoms. The third-order valence-electron chi connectivity index (χ3n) is 3.00. The molecule has 0 bridgehead atoms. The van der Waals surface area contributed by atoms with E-state index < -0.39 is 0 Å². The molecule has 1 aromatic carbocycles. The van der Waals surface area contributed by atoms with Crippen molar-refractivity contribution in [1.29, 1.82) is 0 Å². The highest BCUT2D eigenvalue weighted by molar-refractivity contribution is 14.1. The van der Waals surface area contributed by atoms with E-state index in [0.29, 0.717) is 9.39 Å². The quantitative estimate of drug-likeness (QED) is 0.542. The van der Waals surface area contributed by atoms with Gasteiger partial charge in [-0.15, -0.1) is 11.3 Å². The number of aromatic amines is 1. The zero-order valence-electron chi connectivity index (χ0n) is 11.0. The zero-order chi connectivity index (χ0) is 15.0. The molecule has 0 spiro atoms. The fourth-order valence-electron chi connectivity index (χ4n) is 1.94. The summed E-state index contributed by atoms with van der Waals surface area (Å²) in [5, 5.41) is 0. The lowest BCUT2D eigenvalue weighted by molar-refractivity contribution is 1.12. The van der Waals surface area contributed by atoms with Crippen LogP contribution >= 0.6 is 49.9 Å². The van der Waals surface area contributed by atoms with Crippen LogP contribution in [0.15, 0.2) is 45.7 Å². The van der Waals surface area contributed by atoms with Crippen molar-refractivity contribution in [3.05, 3.63) is 59.7 Å². The molecular weight excluding hydrogens is 463 g/mol. The van der Waals surface area contributed by atoms with E-state index in [4.69, 9.17) is 0 Å². The summed E-state index contributed by atoms with van der Waals surface area (Å²) in [6.07, 6.45) is 0. The van der Waals surface area contributed by atoms with Gasteiger partial charge in [0.15, 0.2) is 5.82 Å². The summed E-state index contributed by atoms with van der Waals surface area (Å²) in [5.74, 6) is 0.609. The molecule has 0 saturated carbocycles. The molecule has 3 rings (SSSR count). The first-order valence-corrected chi connectivity index (χ1v) is 8.86. The number of aromatic nitrogens is 2. The number of benzene rings is 1. The molecular formula is C15H10BrIN2OS. The Morgan fingerprint density at radius 2 is 2.00 bits per heavy atom. The van der Waals surface area contributed by atoms with Crippen LogP contribution in [0.1, 0.15) is 4.88 Å². The highest BCUT2D eigenvalue weighted by Crippen LogP contribution is 2.33. The molecule has 0 amide bonds. The van der Waals surface area contributed by atoms with E-state index in [-0.39, 0.29) is 5.56 Å². The van der Waals surface area contributed by atoms with E-state index in [1.54, 1.807) is 11.3 Å². The predicted molar refractivity (Wildman–Crippen MR) is 98.8 cm³/mol. The second kappa shape index (κ2) is 6.02. The van der Waals surface area contributed by atoms with E-state index in [0.717, 1.165) is 25.5 Å². The van der Waals surface area contributed by atoms with E-state index >= 15 is 0 Å². The fraction of sp³-hybridized carbons (Fsp3) is 0.0667. The molecule has 106 valence electrons. The number of hydrogen-bond acceptors (Lipinski definition) is 3. The van der Waals surface area contributed by atoms with Gasteiger partial charge < -0.3 is 4.98 Å². The molecule has 0 unspecified atom stereocenters. The standard InChI is InChI=1S/C15H10BrIN2OS/c1-8-10(16)7-11(21-8)14-18-13(12(17)15(20)19-14)9-5-3-2-4-6-9/h2-7H,1H3,(H,18,19,20). The Kier molecular flexibility index (Phi) is 4.28. The first-order valence-electron chi connectivity index (χ1n) is 6.18. The fourth-order valence-corrected chi connectivity index (χ4v) is 3.99. The summed E-state index contributed by atoms with van der Waals surface area (Å²) in [6, 6.07) is 11.7. The molecule has 2 aromatic heterocycles. The van der Waals surface area contributed by atoms with Crippen molar-refractivity contribution >= 4 is 49.9 Å². The maximum atomic E-state index is 12.2. The number of thiophene rings is 1. The number of halogens is 2. The largest absolute Gasteiger partial charge is 0.305 e. The average Bonchev–Trinajstić information content (AvgIpc) is 2.82. The average molecular weight is 473 g/mol. The molecule has 0 aliphatic rings. The lowest BCUT2D eigenvalue weighted by atomic mass is 10.1. The number of nitrogens with zero attached hydrogens (tertiary/aromatic N) is 1. The van der Waals surface area contributed by atoms with Crippen LogP contribution in [0.2, 0.25) is 0 Å². The van der Waals surface area contributed by atoms with E-state index in [9.17, 15) is 4.79 Å². The van der Waals surface area contributed by atoms with Crippen LogP contribution in [0.3, 0.4) is 0 Å². The Balaban J connectivity index is 2.21.